The van der Waals surface area contributed by atoms with E-state index < -0.39 is 5.97 Å². The van der Waals surface area contributed by atoms with Crippen molar-refractivity contribution in [2.45, 2.75) is 20.0 Å². The molecule has 2 heterocycles. The highest BCUT2D eigenvalue weighted by atomic mass is 16.6. The zero-order chi connectivity index (χ0) is 19.5. The van der Waals surface area contributed by atoms with Gasteiger partial charge in [0.2, 0.25) is 5.76 Å². The molecule has 0 radical (unpaired) electrons. The van der Waals surface area contributed by atoms with Crippen molar-refractivity contribution in [1.82, 2.24) is 4.90 Å². The Morgan fingerprint density at radius 1 is 1.07 bits per heavy atom. The normalized spacial score (nSPS) is 13.1. The molecule has 3 aromatic rings. The Bertz CT molecular complexity index is 994. The third-order valence-corrected chi connectivity index (χ3v) is 4.65. The number of hydrogen-bond donors (Lipinski definition) is 0. The maximum atomic E-state index is 12.4. The van der Waals surface area contributed by atoms with Crippen LogP contribution in [0.25, 0.3) is 11.0 Å². The molecule has 2 aromatic carbocycles. The number of nitrogens with zero attached hydrogens (tertiary/aromatic N) is 1. The topological polar surface area (TPSA) is 61.1 Å². The molecular formula is C22H23NO5. The van der Waals surface area contributed by atoms with E-state index in [-0.39, 0.29) is 5.76 Å². The van der Waals surface area contributed by atoms with Gasteiger partial charge in [-0.25, -0.2) is 4.79 Å². The molecule has 0 amide bonds. The Hall–Kier alpha value is -2.99. The monoisotopic (exact) mass is 381 g/mol. The van der Waals surface area contributed by atoms with Crippen LogP contribution >= 0.6 is 0 Å². The molecule has 1 aliphatic rings. The molecule has 4 rings (SSSR count). The first-order chi connectivity index (χ1) is 13.7. The molecule has 6 nitrogen and oxygen atoms in total. The van der Waals surface area contributed by atoms with Gasteiger partial charge in [0.25, 0.3) is 0 Å². The molecule has 0 unspecified atom stereocenters. The van der Waals surface area contributed by atoms with Crippen LogP contribution in [0.3, 0.4) is 0 Å². The predicted molar refractivity (Wildman–Crippen MR) is 105 cm³/mol. The maximum Gasteiger partial charge on any atom is 0.374 e. The summed E-state index contributed by atoms with van der Waals surface area (Å²) in [5.74, 6) is 1.40. The quantitative estimate of drug-likeness (QED) is 0.601. The van der Waals surface area contributed by atoms with E-state index in [0.717, 1.165) is 28.0 Å². The number of rotatable bonds is 6. The highest BCUT2D eigenvalue weighted by Gasteiger charge is 2.22. The van der Waals surface area contributed by atoms with Crippen molar-refractivity contribution < 1.29 is 23.4 Å². The van der Waals surface area contributed by atoms with Crippen molar-refractivity contribution in [3.05, 3.63) is 59.4 Å². The lowest BCUT2D eigenvalue weighted by atomic mass is 10.1. The van der Waals surface area contributed by atoms with Gasteiger partial charge in [0.15, 0.2) is 11.5 Å². The lowest BCUT2D eigenvalue weighted by molar-refractivity contribution is 0.0489. The third kappa shape index (κ3) is 3.68. The van der Waals surface area contributed by atoms with Crippen LogP contribution in [-0.2, 0) is 17.8 Å². The number of carbonyl (C=O) groups is 1. The van der Waals surface area contributed by atoms with Crippen molar-refractivity contribution in [3.63, 3.8) is 0 Å². The summed E-state index contributed by atoms with van der Waals surface area (Å²) < 4.78 is 22.2. The standard InChI is InChI=1S/C22H23NO5/c1-3-25-22(24)21-17(16-6-4-5-7-18(16)28-21)14-23(2)13-15-8-9-19-20(12-15)27-11-10-26-19/h4-9,12H,3,10-11,13-14H2,1-2H3. The van der Waals surface area contributed by atoms with Crippen LogP contribution in [0, 0.1) is 0 Å². The van der Waals surface area contributed by atoms with Crippen molar-refractivity contribution in [1.29, 1.82) is 0 Å². The summed E-state index contributed by atoms with van der Waals surface area (Å²) in [6, 6.07) is 13.6. The second kappa shape index (κ2) is 7.94. The fourth-order valence-electron chi connectivity index (χ4n) is 3.44. The summed E-state index contributed by atoms with van der Waals surface area (Å²) in [6.45, 7) is 4.49. The number of esters is 1. The Kier molecular flexibility index (Phi) is 5.21. The van der Waals surface area contributed by atoms with Gasteiger partial charge in [-0.1, -0.05) is 24.3 Å². The van der Waals surface area contributed by atoms with Gasteiger partial charge >= 0.3 is 5.97 Å². The smallest absolute Gasteiger partial charge is 0.374 e. The van der Waals surface area contributed by atoms with E-state index in [0.29, 0.717) is 38.5 Å². The van der Waals surface area contributed by atoms with Gasteiger partial charge in [0.1, 0.15) is 18.8 Å². The van der Waals surface area contributed by atoms with E-state index in [9.17, 15) is 4.79 Å². The predicted octanol–water partition coefficient (Wildman–Crippen LogP) is 4.01. The summed E-state index contributed by atoms with van der Waals surface area (Å²) in [6.07, 6.45) is 0. The summed E-state index contributed by atoms with van der Waals surface area (Å²) in [5.41, 5.74) is 2.64. The second-order valence-electron chi connectivity index (χ2n) is 6.78. The average molecular weight is 381 g/mol. The molecule has 1 aliphatic heterocycles. The van der Waals surface area contributed by atoms with E-state index in [1.165, 1.54) is 0 Å². The Labute approximate surface area is 163 Å². The number of carbonyl (C=O) groups excluding carboxylic acids is 1. The largest absolute Gasteiger partial charge is 0.486 e. The Morgan fingerprint density at radius 3 is 2.68 bits per heavy atom. The highest BCUT2D eigenvalue weighted by Crippen LogP contribution is 2.32. The lowest BCUT2D eigenvalue weighted by Gasteiger charge is -2.21. The van der Waals surface area contributed by atoms with Gasteiger partial charge in [-0.2, -0.15) is 0 Å². The molecule has 0 fully saturated rings. The van der Waals surface area contributed by atoms with Gasteiger partial charge in [0, 0.05) is 24.0 Å². The van der Waals surface area contributed by atoms with Gasteiger partial charge in [0.05, 0.1) is 6.61 Å². The fourth-order valence-corrected chi connectivity index (χ4v) is 3.44. The van der Waals surface area contributed by atoms with Crippen LogP contribution in [0.2, 0.25) is 0 Å². The highest BCUT2D eigenvalue weighted by molar-refractivity contribution is 5.96. The minimum Gasteiger partial charge on any atom is -0.486 e. The molecule has 0 spiro atoms. The molecule has 0 bridgehead atoms. The summed E-state index contributed by atoms with van der Waals surface area (Å²) in [7, 11) is 2.01. The SMILES string of the molecule is CCOC(=O)c1oc2ccccc2c1CN(C)Cc1ccc2c(c1)OCCO2. The van der Waals surface area contributed by atoms with E-state index in [4.69, 9.17) is 18.6 Å². The summed E-state index contributed by atoms with van der Waals surface area (Å²) in [4.78, 5) is 14.5. The number of hydrogen-bond acceptors (Lipinski definition) is 6. The van der Waals surface area contributed by atoms with Crippen LogP contribution < -0.4 is 9.47 Å². The minimum absolute atomic E-state index is 0.275. The van der Waals surface area contributed by atoms with Gasteiger partial charge in [-0.05, 0) is 37.7 Å². The van der Waals surface area contributed by atoms with Gasteiger partial charge < -0.3 is 18.6 Å². The molecule has 0 saturated carbocycles. The molecule has 0 saturated heterocycles. The molecule has 1 aromatic heterocycles. The molecule has 0 aliphatic carbocycles. The molecule has 6 heteroatoms. The second-order valence-corrected chi connectivity index (χ2v) is 6.78. The van der Waals surface area contributed by atoms with Crippen molar-refractivity contribution in [2.24, 2.45) is 0 Å². The molecule has 0 N–H and O–H groups in total. The zero-order valence-corrected chi connectivity index (χ0v) is 16.1. The van der Waals surface area contributed by atoms with Crippen molar-refractivity contribution in [2.75, 3.05) is 26.9 Å². The maximum absolute atomic E-state index is 12.4. The van der Waals surface area contributed by atoms with E-state index in [1.807, 2.05) is 49.5 Å². The molecule has 146 valence electrons. The van der Waals surface area contributed by atoms with Crippen molar-refractivity contribution >= 4 is 16.9 Å². The number of ether oxygens (including phenoxy) is 3. The average Bonchev–Trinajstić information content (AvgIpc) is 3.06. The summed E-state index contributed by atoms with van der Waals surface area (Å²) in [5, 5.41) is 0.930. The van der Waals surface area contributed by atoms with Gasteiger partial charge in [-0.3, -0.25) is 4.90 Å². The molecule has 28 heavy (non-hydrogen) atoms. The number of para-hydroxylation sites is 1. The van der Waals surface area contributed by atoms with Gasteiger partial charge in [-0.15, -0.1) is 0 Å². The number of fused-ring (bicyclic) bond motifs is 2. The third-order valence-electron chi connectivity index (χ3n) is 4.65. The zero-order valence-electron chi connectivity index (χ0n) is 16.1. The number of benzene rings is 2. The van der Waals surface area contributed by atoms with Crippen LogP contribution in [0.1, 0.15) is 28.6 Å². The number of furan rings is 1. The van der Waals surface area contributed by atoms with Crippen LogP contribution in [0.15, 0.2) is 46.9 Å². The van der Waals surface area contributed by atoms with Crippen LogP contribution in [0.5, 0.6) is 11.5 Å². The Balaban J connectivity index is 1.57. The van der Waals surface area contributed by atoms with Crippen molar-refractivity contribution in [3.8, 4) is 11.5 Å². The molecule has 0 atom stereocenters. The first-order valence-corrected chi connectivity index (χ1v) is 9.40. The lowest BCUT2D eigenvalue weighted by Crippen LogP contribution is -2.20. The van der Waals surface area contributed by atoms with E-state index >= 15 is 0 Å². The van der Waals surface area contributed by atoms with Crippen LogP contribution in [0.4, 0.5) is 0 Å². The van der Waals surface area contributed by atoms with E-state index in [1.54, 1.807) is 6.92 Å². The molecular weight excluding hydrogens is 358 g/mol. The fraction of sp³-hybridized carbons (Fsp3) is 0.318. The summed E-state index contributed by atoms with van der Waals surface area (Å²) >= 11 is 0. The first-order valence-electron chi connectivity index (χ1n) is 9.40. The van der Waals surface area contributed by atoms with Crippen LogP contribution in [-0.4, -0.2) is 37.7 Å². The van der Waals surface area contributed by atoms with E-state index in [2.05, 4.69) is 4.90 Å². The first kappa shape index (κ1) is 18.4. The minimum atomic E-state index is -0.429. The Morgan fingerprint density at radius 2 is 1.86 bits per heavy atom.